The summed E-state index contributed by atoms with van der Waals surface area (Å²) in [5, 5.41) is 3.05. The second kappa shape index (κ2) is 3.83. The van der Waals surface area contributed by atoms with Crippen LogP contribution in [0.15, 0.2) is 0 Å². The van der Waals surface area contributed by atoms with E-state index >= 15 is 0 Å². The second-order valence-corrected chi connectivity index (χ2v) is 2.16. The van der Waals surface area contributed by atoms with Crippen molar-refractivity contribution in [3.05, 3.63) is 0 Å². The molecule has 0 saturated carbocycles. The van der Waals surface area contributed by atoms with E-state index in [1.54, 1.807) is 0 Å². The van der Waals surface area contributed by atoms with Crippen LogP contribution in [0, 0.1) is 0 Å². The highest BCUT2D eigenvalue weighted by molar-refractivity contribution is 4.61. The van der Waals surface area contributed by atoms with Gasteiger partial charge in [-0.3, -0.25) is 5.32 Å². The Balaban J connectivity index is 3.10. The molecule has 0 aromatic carbocycles. The number of rotatable bonds is 3. The molecule has 50 valence electrons. The lowest BCUT2D eigenvalue weighted by Crippen LogP contribution is -2.46. The molecule has 3 nitrogen and oxygen atoms in total. The maximum absolute atomic E-state index is 5.44. The van der Waals surface area contributed by atoms with E-state index in [1.807, 2.05) is 13.8 Å². The minimum absolute atomic E-state index is 0.0463. The first kappa shape index (κ1) is 7.88. The molecule has 0 aliphatic carbocycles. The van der Waals surface area contributed by atoms with Gasteiger partial charge in [0.15, 0.2) is 0 Å². The largest absolute Gasteiger partial charge is 0.328 e. The maximum Gasteiger partial charge on any atom is 0.0674 e. The molecule has 0 heterocycles. The first-order valence-corrected chi connectivity index (χ1v) is 2.88. The summed E-state index contributed by atoms with van der Waals surface area (Å²) in [6.07, 6.45) is -0.0463. The van der Waals surface area contributed by atoms with Crippen LogP contribution in [0.2, 0.25) is 0 Å². The molecular formula is C5H15N3. The molecule has 8 heavy (non-hydrogen) atoms. The van der Waals surface area contributed by atoms with Gasteiger partial charge in [0.05, 0.1) is 6.17 Å². The highest BCUT2D eigenvalue weighted by Crippen LogP contribution is 1.75. The van der Waals surface area contributed by atoms with E-state index in [9.17, 15) is 0 Å². The van der Waals surface area contributed by atoms with E-state index in [0.29, 0.717) is 12.6 Å². The Kier molecular flexibility index (Phi) is 3.77. The molecule has 0 aromatic heterocycles. The van der Waals surface area contributed by atoms with Crippen molar-refractivity contribution in [1.82, 2.24) is 5.32 Å². The third-order valence-corrected chi connectivity index (χ3v) is 0.801. The fourth-order valence-electron chi connectivity index (χ4n) is 0.496. The highest BCUT2D eigenvalue weighted by Gasteiger charge is 1.97. The van der Waals surface area contributed by atoms with E-state index in [0.717, 1.165) is 0 Å². The molecule has 3 heteroatoms. The molecule has 0 spiro atoms. The smallest absolute Gasteiger partial charge is 0.0674 e. The van der Waals surface area contributed by atoms with Crippen LogP contribution < -0.4 is 16.8 Å². The molecule has 0 bridgehead atoms. The van der Waals surface area contributed by atoms with Gasteiger partial charge in [-0.05, 0) is 13.8 Å². The summed E-state index contributed by atoms with van der Waals surface area (Å²) in [6.45, 7) is 4.57. The van der Waals surface area contributed by atoms with Crippen LogP contribution in [-0.2, 0) is 0 Å². The molecule has 0 amide bonds. The SMILES string of the molecule is CC(C)NC(N)CN. The Morgan fingerprint density at radius 3 is 2.12 bits per heavy atom. The van der Waals surface area contributed by atoms with Crippen molar-refractivity contribution in [2.75, 3.05) is 6.54 Å². The Hall–Kier alpha value is -0.120. The summed E-state index contributed by atoms with van der Waals surface area (Å²) >= 11 is 0. The number of hydrogen-bond donors (Lipinski definition) is 3. The van der Waals surface area contributed by atoms with Gasteiger partial charge in [0, 0.05) is 12.6 Å². The quantitative estimate of drug-likeness (QED) is 0.425. The van der Waals surface area contributed by atoms with Gasteiger partial charge in [0.25, 0.3) is 0 Å². The van der Waals surface area contributed by atoms with Crippen LogP contribution in [0.5, 0.6) is 0 Å². The first-order valence-electron chi connectivity index (χ1n) is 2.88. The fourth-order valence-corrected chi connectivity index (χ4v) is 0.496. The van der Waals surface area contributed by atoms with Crippen LogP contribution >= 0.6 is 0 Å². The van der Waals surface area contributed by atoms with Gasteiger partial charge in [-0.25, -0.2) is 0 Å². The molecule has 1 unspecified atom stereocenters. The summed E-state index contributed by atoms with van der Waals surface area (Å²) in [5.74, 6) is 0. The number of nitrogens with two attached hydrogens (primary N) is 2. The Bertz CT molecular complexity index is 53.6. The fraction of sp³-hybridized carbons (Fsp3) is 1.00. The summed E-state index contributed by atoms with van der Waals surface area (Å²) < 4.78 is 0. The second-order valence-electron chi connectivity index (χ2n) is 2.16. The van der Waals surface area contributed by atoms with Crippen LogP contribution in [0.1, 0.15) is 13.8 Å². The van der Waals surface area contributed by atoms with Gasteiger partial charge in [-0.2, -0.15) is 0 Å². The number of hydrogen-bond acceptors (Lipinski definition) is 3. The topological polar surface area (TPSA) is 64.1 Å². The van der Waals surface area contributed by atoms with Crippen LogP contribution in [0.3, 0.4) is 0 Å². The van der Waals surface area contributed by atoms with E-state index in [-0.39, 0.29) is 6.17 Å². The lowest BCUT2D eigenvalue weighted by Gasteiger charge is -2.13. The van der Waals surface area contributed by atoms with Crippen LogP contribution in [-0.4, -0.2) is 18.8 Å². The van der Waals surface area contributed by atoms with Gasteiger partial charge in [0.2, 0.25) is 0 Å². The van der Waals surface area contributed by atoms with Gasteiger partial charge in [-0.15, -0.1) is 0 Å². The van der Waals surface area contributed by atoms with Crippen molar-refractivity contribution < 1.29 is 0 Å². The van der Waals surface area contributed by atoms with Crippen LogP contribution in [0.4, 0.5) is 0 Å². The lowest BCUT2D eigenvalue weighted by molar-refractivity contribution is 0.480. The van der Waals surface area contributed by atoms with Crippen LogP contribution in [0.25, 0.3) is 0 Å². The summed E-state index contributed by atoms with van der Waals surface area (Å²) in [7, 11) is 0. The minimum Gasteiger partial charge on any atom is -0.328 e. The summed E-state index contributed by atoms with van der Waals surface area (Å²) in [6, 6.07) is 0.425. The molecular weight excluding hydrogens is 102 g/mol. The van der Waals surface area contributed by atoms with E-state index in [2.05, 4.69) is 5.32 Å². The Labute approximate surface area is 50.4 Å². The molecule has 0 rings (SSSR count). The monoisotopic (exact) mass is 117 g/mol. The van der Waals surface area contributed by atoms with Crippen molar-refractivity contribution in [3.8, 4) is 0 Å². The Morgan fingerprint density at radius 1 is 1.50 bits per heavy atom. The lowest BCUT2D eigenvalue weighted by atomic mass is 10.3. The van der Waals surface area contributed by atoms with Crippen molar-refractivity contribution in [3.63, 3.8) is 0 Å². The van der Waals surface area contributed by atoms with E-state index in [1.165, 1.54) is 0 Å². The highest BCUT2D eigenvalue weighted by atomic mass is 15.1. The minimum atomic E-state index is -0.0463. The third-order valence-electron chi connectivity index (χ3n) is 0.801. The number of nitrogens with one attached hydrogen (secondary N) is 1. The molecule has 0 radical (unpaired) electrons. The van der Waals surface area contributed by atoms with E-state index in [4.69, 9.17) is 11.5 Å². The molecule has 5 N–H and O–H groups in total. The summed E-state index contributed by atoms with van der Waals surface area (Å²) in [4.78, 5) is 0. The van der Waals surface area contributed by atoms with Crippen molar-refractivity contribution in [2.45, 2.75) is 26.1 Å². The van der Waals surface area contributed by atoms with Gasteiger partial charge in [0.1, 0.15) is 0 Å². The zero-order valence-corrected chi connectivity index (χ0v) is 5.52. The molecule has 0 aromatic rings. The first-order chi connectivity index (χ1) is 3.66. The molecule has 0 aliphatic heterocycles. The Morgan fingerprint density at radius 2 is 2.00 bits per heavy atom. The third kappa shape index (κ3) is 4.05. The predicted octanol–water partition coefficient (Wildman–Crippen LogP) is -0.772. The average Bonchev–Trinajstić information content (AvgIpc) is 1.65. The average molecular weight is 117 g/mol. The molecule has 0 fully saturated rings. The van der Waals surface area contributed by atoms with Crippen molar-refractivity contribution >= 4 is 0 Å². The van der Waals surface area contributed by atoms with E-state index < -0.39 is 0 Å². The summed E-state index contributed by atoms with van der Waals surface area (Å²) in [5.41, 5.74) is 10.7. The zero-order chi connectivity index (χ0) is 6.57. The maximum atomic E-state index is 5.44. The molecule has 1 atom stereocenters. The molecule has 0 saturated heterocycles. The van der Waals surface area contributed by atoms with Gasteiger partial charge < -0.3 is 11.5 Å². The standard InChI is InChI=1S/C5H15N3/c1-4(2)8-5(7)3-6/h4-5,8H,3,6-7H2,1-2H3. The predicted molar refractivity (Wildman–Crippen MR) is 35.3 cm³/mol. The van der Waals surface area contributed by atoms with Gasteiger partial charge >= 0.3 is 0 Å². The normalized spacial score (nSPS) is 14.6. The zero-order valence-electron chi connectivity index (χ0n) is 5.52. The van der Waals surface area contributed by atoms with Crippen molar-refractivity contribution in [1.29, 1.82) is 0 Å². The van der Waals surface area contributed by atoms with Gasteiger partial charge in [-0.1, -0.05) is 0 Å². The molecule has 0 aliphatic rings. The van der Waals surface area contributed by atoms with Crippen molar-refractivity contribution in [2.24, 2.45) is 11.5 Å².